The lowest BCUT2D eigenvalue weighted by Gasteiger charge is -2.34. The van der Waals surface area contributed by atoms with Gasteiger partial charge in [0.25, 0.3) is 0 Å². The van der Waals surface area contributed by atoms with E-state index < -0.39 is 0 Å². The Kier molecular flexibility index (Phi) is 6.85. The Labute approximate surface area is 164 Å². The van der Waals surface area contributed by atoms with E-state index in [1.807, 2.05) is 59.5 Å². The zero-order valence-electron chi connectivity index (χ0n) is 15.2. The monoisotopic (exact) mass is 385 g/mol. The van der Waals surface area contributed by atoms with Gasteiger partial charge in [0.15, 0.2) is 0 Å². The molecule has 6 heteroatoms. The maximum Gasteiger partial charge on any atom is 0.227 e. The average Bonchev–Trinajstić information content (AvgIpc) is 2.69. The number of para-hydroxylation sites is 1. The van der Waals surface area contributed by atoms with Gasteiger partial charge in [-0.15, -0.1) is 0 Å². The van der Waals surface area contributed by atoms with Gasteiger partial charge >= 0.3 is 0 Å². The maximum atomic E-state index is 12.4. The molecule has 142 valence electrons. The summed E-state index contributed by atoms with van der Waals surface area (Å²) in [7, 11) is 0. The molecule has 0 saturated carbocycles. The topological polar surface area (TPSA) is 52.7 Å². The molecular formula is C21H24ClN3O2. The van der Waals surface area contributed by atoms with Gasteiger partial charge in [0.1, 0.15) is 0 Å². The van der Waals surface area contributed by atoms with Crippen LogP contribution < -0.4 is 5.32 Å². The van der Waals surface area contributed by atoms with E-state index in [0.29, 0.717) is 37.5 Å². The van der Waals surface area contributed by atoms with E-state index in [1.54, 1.807) is 0 Å². The number of piperazine rings is 1. The molecule has 5 nitrogen and oxygen atoms in total. The summed E-state index contributed by atoms with van der Waals surface area (Å²) >= 11 is 5.88. The number of nitrogens with zero attached hydrogens (tertiary/aromatic N) is 2. The summed E-state index contributed by atoms with van der Waals surface area (Å²) < 4.78 is 0. The third-order valence-electron chi connectivity index (χ3n) is 4.71. The molecule has 0 radical (unpaired) electrons. The van der Waals surface area contributed by atoms with Gasteiger partial charge in [-0.2, -0.15) is 0 Å². The van der Waals surface area contributed by atoms with Gasteiger partial charge in [-0.1, -0.05) is 41.9 Å². The number of amides is 2. The SMILES string of the molecule is O=C(CCN1CCN(C(=O)Cc2ccc(Cl)cc2)CC1)Nc1ccccc1. The van der Waals surface area contributed by atoms with Crippen LogP contribution in [0.5, 0.6) is 0 Å². The molecule has 0 unspecified atom stereocenters. The number of carbonyl (C=O) groups is 2. The largest absolute Gasteiger partial charge is 0.340 e. The van der Waals surface area contributed by atoms with Crippen LogP contribution in [0.15, 0.2) is 54.6 Å². The van der Waals surface area contributed by atoms with Crippen LogP contribution in [0.4, 0.5) is 5.69 Å². The van der Waals surface area contributed by atoms with E-state index >= 15 is 0 Å². The Morgan fingerprint density at radius 2 is 1.59 bits per heavy atom. The van der Waals surface area contributed by atoms with E-state index in [0.717, 1.165) is 24.3 Å². The lowest BCUT2D eigenvalue weighted by atomic mass is 10.1. The molecule has 1 aliphatic rings. The first-order chi connectivity index (χ1) is 13.1. The van der Waals surface area contributed by atoms with Gasteiger partial charge in [-0.05, 0) is 29.8 Å². The van der Waals surface area contributed by atoms with Gasteiger partial charge in [0.2, 0.25) is 11.8 Å². The number of anilines is 1. The molecule has 1 N–H and O–H groups in total. The molecule has 0 bridgehead atoms. The molecule has 1 aliphatic heterocycles. The van der Waals surface area contributed by atoms with E-state index in [9.17, 15) is 9.59 Å². The van der Waals surface area contributed by atoms with Crippen LogP contribution in [0.1, 0.15) is 12.0 Å². The summed E-state index contributed by atoms with van der Waals surface area (Å²) in [6, 6.07) is 16.9. The Morgan fingerprint density at radius 3 is 2.26 bits per heavy atom. The second-order valence-electron chi connectivity index (χ2n) is 6.69. The Balaban J connectivity index is 1.37. The van der Waals surface area contributed by atoms with Crippen LogP contribution in [-0.2, 0) is 16.0 Å². The van der Waals surface area contributed by atoms with E-state index in [4.69, 9.17) is 11.6 Å². The quantitative estimate of drug-likeness (QED) is 0.831. The van der Waals surface area contributed by atoms with Crippen LogP contribution in [0.25, 0.3) is 0 Å². The number of halogens is 1. The summed E-state index contributed by atoms with van der Waals surface area (Å²) in [4.78, 5) is 28.6. The minimum Gasteiger partial charge on any atom is -0.340 e. The van der Waals surface area contributed by atoms with Gasteiger partial charge in [-0.3, -0.25) is 14.5 Å². The van der Waals surface area contributed by atoms with E-state index in [1.165, 1.54) is 0 Å². The first-order valence-corrected chi connectivity index (χ1v) is 9.57. The van der Waals surface area contributed by atoms with Crippen molar-refractivity contribution in [2.75, 3.05) is 38.0 Å². The zero-order valence-corrected chi connectivity index (χ0v) is 16.0. The van der Waals surface area contributed by atoms with Crippen molar-refractivity contribution in [2.45, 2.75) is 12.8 Å². The molecule has 1 saturated heterocycles. The molecule has 1 fully saturated rings. The van der Waals surface area contributed by atoms with Crippen LogP contribution in [0, 0.1) is 0 Å². The van der Waals surface area contributed by atoms with Crippen molar-refractivity contribution >= 4 is 29.1 Å². The summed E-state index contributed by atoms with van der Waals surface area (Å²) in [5.41, 5.74) is 1.80. The molecule has 2 amide bonds. The maximum absolute atomic E-state index is 12.4. The molecule has 2 aromatic carbocycles. The van der Waals surface area contributed by atoms with Crippen molar-refractivity contribution < 1.29 is 9.59 Å². The van der Waals surface area contributed by atoms with E-state index in [-0.39, 0.29) is 11.8 Å². The summed E-state index contributed by atoms with van der Waals surface area (Å²) in [6.45, 7) is 3.70. The van der Waals surface area contributed by atoms with Crippen LogP contribution >= 0.6 is 11.6 Å². The third-order valence-corrected chi connectivity index (χ3v) is 4.96. The van der Waals surface area contributed by atoms with Gasteiger partial charge in [-0.25, -0.2) is 0 Å². The molecule has 27 heavy (non-hydrogen) atoms. The Bertz CT molecular complexity index is 757. The number of nitrogens with one attached hydrogen (secondary N) is 1. The van der Waals surface area contributed by atoms with Crippen molar-refractivity contribution in [3.05, 3.63) is 65.2 Å². The van der Waals surface area contributed by atoms with Crippen molar-refractivity contribution in [3.8, 4) is 0 Å². The molecular weight excluding hydrogens is 362 g/mol. The Hall–Kier alpha value is -2.37. The lowest BCUT2D eigenvalue weighted by Crippen LogP contribution is -2.49. The minimum absolute atomic E-state index is 0.0162. The predicted octanol–water partition coefficient (Wildman–Crippen LogP) is 3.06. The molecule has 2 aromatic rings. The van der Waals surface area contributed by atoms with Crippen molar-refractivity contribution in [1.29, 1.82) is 0 Å². The van der Waals surface area contributed by atoms with Crippen molar-refractivity contribution in [2.24, 2.45) is 0 Å². The van der Waals surface area contributed by atoms with E-state index in [2.05, 4.69) is 10.2 Å². The number of rotatable bonds is 6. The van der Waals surface area contributed by atoms with Gasteiger partial charge < -0.3 is 10.2 Å². The van der Waals surface area contributed by atoms with Crippen LogP contribution in [0.2, 0.25) is 5.02 Å². The molecule has 0 aromatic heterocycles. The number of benzene rings is 2. The highest BCUT2D eigenvalue weighted by molar-refractivity contribution is 6.30. The fourth-order valence-electron chi connectivity index (χ4n) is 3.11. The number of hydrogen-bond acceptors (Lipinski definition) is 3. The van der Waals surface area contributed by atoms with Crippen LogP contribution in [-0.4, -0.2) is 54.3 Å². The minimum atomic E-state index is 0.0162. The summed E-state index contributed by atoms with van der Waals surface area (Å²) in [5.74, 6) is 0.154. The normalized spacial score (nSPS) is 14.8. The molecule has 0 spiro atoms. The van der Waals surface area contributed by atoms with Gasteiger partial charge in [0.05, 0.1) is 6.42 Å². The highest BCUT2D eigenvalue weighted by Gasteiger charge is 2.21. The van der Waals surface area contributed by atoms with Crippen LogP contribution in [0.3, 0.4) is 0 Å². The molecule has 1 heterocycles. The molecule has 0 aliphatic carbocycles. The fraction of sp³-hybridized carbons (Fsp3) is 0.333. The summed E-state index contributed by atoms with van der Waals surface area (Å²) in [6.07, 6.45) is 0.851. The summed E-state index contributed by atoms with van der Waals surface area (Å²) in [5, 5.41) is 3.58. The first-order valence-electron chi connectivity index (χ1n) is 9.19. The standard InChI is InChI=1S/C21H24ClN3O2/c22-18-8-6-17(7-9-18)16-21(27)25-14-12-24(13-15-25)11-10-20(26)23-19-4-2-1-3-5-19/h1-9H,10-16H2,(H,23,26). The third kappa shape index (κ3) is 6.08. The fourth-order valence-corrected chi connectivity index (χ4v) is 3.24. The van der Waals surface area contributed by atoms with Crippen molar-refractivity contribution in [1.82, 2.24) is 9.80 Å². The predicted molar refractivity (Wildman–Crippen MR) is 108 cm³/mol. The first kappa shape index (κ1) is 19.4. The highest BCUT2D eigenvalue weighted by Crippen LogP contribution is 2.12. The Morgan fingerprint density at radius 1 is 0.926 bits per heavy atom. The lowest BCUT2D eigenvalue weighted by molar-refractivity contribution is -0.132. The molecule has 0 atom stereocenters. The average molecular weight is 386 g/mol. The zero-order chi connectivity index (χ0) is 19.1. The van der Waals surface area contributed by atoms with Gasteiger partial charge in [0, 0.05) is 49.9 Å². The number of carbonyl (C=O) groups excluding carboxylic acids is 2. The second-order valence-corrected chi connectivity index (χ2v) is 7.13. The molecule has 3 rings (SSSR count). The second kappa shape index (κ2) is 9.53. The van der Waals surface area contributed by atoms with Crippen molar-refractivity contribution in [3.63, 3.8) is 0 Å². The smallest absolute Gasteiger partial charge is 0.227 e. The highest BCUT2D eigenvalue weighted by atomic mass is 35.5. The number of hydrogen-bond donors (Lipinski definition) is 1.